The number of ether oxygens (including phenoxy) is 1. The van der Waals surface area contributed by atoms with Crippen LogP contribution < -0.4 is 10.2 Å². The van der Waals surface area contributed by atoms with Gasteiger partial charge >= 0.3 is 0 Å². The molecule has 0 aliphatic rings. The van der Waals surface area contributed by atoms with E-state index in [1.54, 1.807) is 18.2 Å². The molecule has 1 unspecified atom stereocenters. The van der Waals surface area contributed by atoms with E-state index in [0.29, 0.717) is 28.8 Å². The van der Waals surface area contributed by atoms with Crippen molar-refractivity contribution in [3.8, 4) is 16.9 Å². The predicted octanol–water partition coefficient (Wildman–Crippen LogP) is 5.94. The number of aliphatic hydroxyl groups is 1. The van der Waals surface area contributed by atoms with Crippen LogP contribution in [0.1, 0.15) is 11.1 Å². The monoisotopic (exact) mass is 505 g/mol. The normalized spacial score (nSPS) is 12.1. The molecule has 5 nitrogen and oxygen atoms in total. The van der Waals surface area contributed by atoms with Gasteiger partial charge in [0.2, 0.25) is 5.43 Å². The van der Waals surface area contributed by atoms with Crippen LogP contribution in [-0.2, 0) is 13.0 Å². The number of fused-ring (bicyclic) bond motifs is 1. The van der Waals surface area contributed by atoms with Gasteiger partial charge in [-0.05, 0) is 35.2 Å². The van der Waals surface area contributed by atoms with Crippen LogP contribution in [0.2, 0.25) is 0 Å². The SMILES string of the molecule is O=c1c(-c2ccccc2)coc2c(OCC(O)CN(CCc3ccccc3)Cc3ccccc3)cccc12. The maximum absolute atomic E-state index is 13.2. The Morgan fingerprint density at radius 2 is 1.45 bits per heavy atom. The molecule has 1 N–H and O–H groups in total. The van der Waals surface area contributed by atoms with Gasteiger partial charge in [-0.25, -0.2) is 0 Å². The second-order valence-electron chi connectivity index (χ2n) is 9.40. The average Bonchev–Trinajstić information content (AvgIpc) is 2.97. The first-order valence-corrected chi connectivity index (χ1v) is 12.9. The van der Waals surface area contributed by atoms with Crippen LogP contribution >= 0.6 is 0 Å². The molecule has 1 atom stereocenters. The highest BCUT2D eigenvalue weighted by atomic mass is 16.5. The fraction of sp³-hybridized carbons (Fsp3) is 0.182. The van der Waals surface area contributed by atoms with Crippen molar-refractivity contribution >= 4 is 11.0 Å². The molecular weight excluding hydrogens is 474 g/mol. The van der Waals surface area contributed by atoms with Crippen molar-refractivity contribution in [3.63, 3.8) is 0 Å². The molecule has 192 valence electrons. The Morgan fingerprint density at radius 3 is 2.16 bits per heavy atom. The highest BCUT2D eigenvalue weighted by molar-refractivity contribution is 5.85. The summed E-state index contributed by atoms with van der Waals surface area (Å²) in [7, 11) is 0. The van der Waals surface area contributed by atoms with Gasteiger partial charge < -0.3 is 14.3 Å². The minimum Gasteiger partial charge on any atom is -0.487 e. The molecule has 1 aromatic heterocycles. The lowest BCUT2D eigenvalue weighted by molar-refractivity contribution is 0.0661. The summed E-state index contributed by atoms with van der Waals surface area (Å²) >= 11 is 0. The lowest BCUT2D eigenvalue weighted by Crippen LogP contribution is -2.36. The number of benzene rings is 4. The van der Waals surface area contributed by atoms with E-state index in [-0.39, 0.29) is 12.0 Å². The zero-order chi connectivity index (χ0) is 26.2. The van der Waals surface area contributed by atoms with Crippen molar-refractivity contribution in [2.75, 3.05) is 19.7 Å². The fourth-order valence-electron chi connectivity index (χ4n) is 4.61. The molecule has 0 spiro atoms. The van der Waals surface area contributed by atoms with E-state index in [2.05, 4.69) is 29.2 Å². The Morgan fingerprint density at radius 1 is 0.789 bits per heavy atom. The lowest BCUT2D eigenvalue weighted by Gasteiger charge is -2.25. The standard InChI is InChI=1S/C33H31NO4/c35-28(22-34(21-26-13-6-2-7-14-26)20-19-25-11-4-1-5-12-25)23-37-31-18-10-17-29-32(36)30(24-38-33(29)31)27-15-8-3-9-16-27/h1-18,24,28,35H,19-23H2. The van der Waals surface area contributed by atoms with E-state index < -0.39 is 6.10 Å². The van der Waals surface area contributed by atoms with Gasteiger partial charge in [0, 0.05) is 19.6 Å². The first-order valence-electron chi connectivity index (χ1n) is 12.9. The van der Waals surface area contributed by atoms with E-state index in [4.69, 9.17) is 9.15 Å². The van der Waals surface area contributed by atoms with Crippen molar-refractivity contribution in [2.45, 2.75) is 19.1 Å². The smallest absolute Gasteiger partial charge is 0.200 e. The zero-order valence-corrected chi connectivity index (χ0v) is 21.2. The van der Waals surface area contributed by atoms with Crippen molar-refractivity contribution in [1.29, 1.82) is 0 Å². The van der Waals surface area contributed by atoms with Crippen LogP contribution in [0.25, 0.3) is 22.1 Å². The zero-order valence-electron chi connectivity index (χ0n) is 21.2. The fourth-order valence-corrected chi connectivity index (χ4v) is 4.61. The van der Waals surface area contributed by atoms with Gasteiger partial charge in [0.15, 0.2) is 11.3 Å². The Balaban J connectivity index is 1.27. The summed E-state index contributed by atoms with van der Waals surface area (Å²) in [4.78, 5) is 15.4. The number of nitrogens with zero attached hydrogens (tertiary/aromatic N) is 1. The molecule has 1 heterocycles. The molecule has 0 fully saturated rings. The van der Waals surface area contributed by atoms with Gasteiger partial charge in [-0.1, -0.05) is 97.1 Å². The van der Waals surface area contributed by atoms with Crippen molar-refractivity contribution in [2.24, 2.45) is 0 Å². The number of aliphatic hydroxyl groups excluding tert-OH is 1. The first-order chi connectivity index (χ1) is 18.7. The average molecular weight is 506 g/mol. The maximum atomic E-state index is 13.2. The van der Waals surface area contributed by atoms with Gasteiger partial charge in [-0.15, -0.1) is 0 Å². The van der Waals surface area contributed by atoms with Gasteiger partial charge in [-0.3, -0.25) is 9.69 Å². The van der Waals surface area contributed by atoms with E-state index in [1.165, 1.54) is 17.4 Å². The van der Waals surface area contributed by atoms with Crippen molar-refractivity contribution in [1.82, 2.24) is 4.90 Å². The molecule has 0 aliphatic heterocycles. The summed E-state index contributed by atoms with van der Waals surface area (Å²) in [5, 5.41) is 11.4. The number of para-hydroxylation sites is 1. The lowest BCUT2D eigenvalue weighted by atomic mass is 10.1. The van der Waals surface area contributed by atoms with E-state index >= 15 is 0 Å². The van der Waals surface area contributed by atoms with E-state index in [1.807, 2.05) is 66.7 Å². The number of hydrogen-bond donors (Lipinski definition) is 1. The highest BCUT2D eigenvalue weighted by Crippen LogP contribution is 2.26. The van der Waals surface area contributed by atoms with Crippen LogP contribution in [0.3, 0.4) is 0 Å². The Kier molecular flexibility index (Phi) is 8.29. The molecular formula is C33H31NO4. The number of hydrogen-bond acceptors (Lipinski definition) is 5. The van der Waals surface area contributed by atoms with Crippen LogP contribution in [0, 0.1) is 0 Å². The third-order valence-corrected chi connectivity index (χ3v) is 6.56. The topological polar surface area (TPSA) is 62.9 Å². The van der Waals surface area contributed by atoms with Crippen LogP contribution in [0.5, 0.6) is 5.75 Å². The molecule has 5 aromatic rings. The quantitative estimate of drug-likeness (QED) is 0.241. The van der Waals surface area contributed by atoms with E-state index in [0.717, 1.165) is 25.1 Å². The molecule has 0 amide bonds. The Hall–Kier alpha value is -4.19. The second kappa shape index (κ2) is 12.4. The third kappa shape index (κ3) is 6.38. The van der Waals surface area contributed by atoms with Crippen molar-refractivity contribution in [3.05, 3.63) is 137 Å². The Labute approximate surface area is 222 Å². The van der Waals surface area contributed by atoms with Crippen LogP contribution in [0.4, 0.5) is 0 Å². The molecule has 38 heavy (non-hydrogen) atoms. The van der Waals surface area contributed by atoms with Gasteiger partial charge in [0.25, 0.3) is 0 Å². The minimum atomic E-state index is -0.722. The van der Waals surface area contributed by atoms with Gasteiger partial charge in [0.05, 0.1) is 10.9 Å². The summed E-state index contributed by atoms with van der Waals surface area (Å²) in [6.45, 7) is 2.08. The first kappa shape index (κ1) is 25.5. The molecule has 0 saturated carbocycles. The molecule has 0 saturated heterocycles. The van der Waals surface area contributed by atoms with Gasteiger partial charge in [-0.2, -0.15) is 0 Å². The van der Waals surface area contributed by atoms with E-state index in [9.17, 15) is 9.90 Å². The molecule has 5 rings (SSSR count). The highest BCUT2D eigenvalue weighted by Gasteiger charge is 2.16. The summed E-state index contributed by atoms with van der Waals surface area (Å²) in [6.07, 6.45) is 1.65. The molecule has 0 bridgehead atoms. The summed E-state index contributed by atoms with van der Waals surface area (Å²) in [6, 6.07) is 35.3. The molecule has 0 radical (unpaired) electrons. The molecule has 4 aromatic carbocycles. The summed E-state index contributed by atoms with van der Waals surface area (Å²) in [5.41, 5.74) is 4.04. The second-order valence-corrected chi connectivity index (χ2v) is 9.40. The Bertz CT molecular complexity index is 1500. The minimum absolute atomic E-state index is 0.0832. The van der Waals surface area contributed by atoms with Crippen molar-refractivity contribution < 1.29 is 14.3 Å². The van der Waals surface area contributed by atoms with Crippen LogP contribution in [0.15, 0.2) is 125 Å². The molecule has 5 heteroatoms. The summed E-state index contributed by atoms with van der Waals surface area (Å²) < 4.78 is 11.9. The number of rotatable bonds is 11. The largest absolute Gasteiger partial charge is 0.487 e. The predicted molar refractivity (Wildman–Crippen MR) is 151 cm³/mol. The maximum Gasteiger partial charge on any atom is 0.200 e. The van der Waals surface area contributed by atoms with Crippen LogP contribution in [-0.4, -0.2) is 35.8 Å². The third-order valence-electron chi connectivity index (χ3n) is 6.56. The molecule has 0 aliphatic carbocycles. The summed E-state index contributed by atoms with van der Waals surface area (Å²) in [5.74, 6) is 0.442. The van der Waals surface area contributed by atoms with Gasteiger partial charge in [0.1, 0.15) is 19.0 Å².